The van der Waals surface area contributed by atoms with Gasteiger partial charge in [0, 0.05) is 17.1 Å². The number of rotatable bonds is 3. The maximum absolute atomic E-state index is 12.3. The quantitative estimate of drug-likeness (QED) is 0.821. The van der Waals surface area contributed by atoms with E-state index in [4.69, 9.17) is 4.74 Å². The number of fused-ring (bicyclic) bond motifs is 1. The molecule has 19 heavy (non-hydrogen) atoms. The van der Waals surface area contributed by atoms with Gasteiger partial charge in [-0.25, -0.2) is 4.79 Å². The molecule has 0 aliphatic heterocycles. The largest absolute Gasteiger partial charge is 0.462 e. The number of aliphatic hydroxyl groups is 1. The number of hydrogen-bond acceptors (Lipinski definition) is 4. The predicted octanol–water partition coefficient (Wildman–Crippen LogP) is 1.51. The smallest absolute Gasteiger partial charge is 0.343 e. The second-order valence-electron chi connectivity index (χ2n) is 4.26. The van der Waals surface area contributed by atoms with Crippen LogP contribution < -0.4 is 5.43 Å². The van der Waals surface area contributed by atoms with E-state index in [9.17, 15) is 14.7 Å². The summed E-state index contributed by atoms with van der Waals surface area (Å²) in [6.07, 6.45) is 1.33. The van der Waals surface area contributed by atoms with Crippen molar-refractivity contribution in [3.05, 3.63) is 45.2 Å². The first kappa shape index (κ1) is 13.3. The molecule has 2 aromatic rings. The molecule has 0 bridgehead atoms. The van der Waals surface area contributed by atoms with E-state index in [-0.39, 0.29) is 24.2 Å². The topological polar surface area (TPSA) is 79.4 Å². The number of aryl methyl sites for hydroxylation is 1. The third kappa shape index (κ3) is 2.37. The van der Waals surface area contributed by atoms with E-state index in [0.29, 0.717) is 16.5 Å². The standard InChI is InChI=1S/C14H15NO4/c1-3-19-14(18)11-6-15-12-9(7-16)4-8(2)5-10(12)13(11)17/h4-6,16H,3,7H2,1-2H3,(H,15,17). The van der Waals surface area contributed by atoms with Crippen LogP contribution >= 0.6 is 0 Å². The van der Waals surface area contributed by atoms with Crippen LogP contribution in [0.25, 0.3) is 10.9 Å². The van der Waals surface area contributed by atoms with Crippen molar-refractivity contribution >= 4 is 16.9 Å². The van der Waals surface area contributed by atoms with Gasteiger partial charge in [0.15, 0.2) is 0 Å². The predicted molar refractivity (Wildman–Crippen MR) is 71.2 cm³/mol. The van der Waals surface area contributed by atoms with Gasteiger partial charge in [-0.15, -0.1) is 0 Å². The summed E-state index contributed by atoms with van der Waals surface area (Å²) in [5.41, 5.74) is 1.62. The number of ether oxygens (including phenoxy) is 1. The van der Waals surface area contributed by atoms with Crippen LogP contribution in [0.1, 0.15) is 28.4 Å². The summed E-state index contributed by atoms with van der Waals surface area (Å²) in [6, 6.07) is 3.48. The van der Waals surface area contributed by atoms with Crippen LogP contribution in [-0.4, -0.2) is 22.7 Å². The number of aromatic nitrogens is 1. The molecule has 0 fully saturated rings. The van der Waals surface area contributed by atoms with Crippen LogP contribution in [0.2, 0.25) is 0 Å². The van der Waals surface area contributed by atoms with Gasteiger partial charge >= 0.3 is 5.97 Å². The van der Waals surface area contributed by atoms with Gasteiger partial charge in [-0.2, -0.15) is 0 Å². The van der Waals surface area contributed by atoms with E-state index in [1.54, 1.807) is 19.1 Å². The summed E-state index contributed by atoms with van der Waals surface area (Å²) in [7, 11) is 0. The Labute approximate surface area is 109 Å². The molecule has 0 saturated heterocycles. The van der Waals surface area contributed by atoms with E-state index in [2.05, 4.69) is 4.98 Å². The van der Waals surface area contributed by atoms with Crippen LogP contribution in [0.4, 0.5) is 0 Å². The van der Waals surface area contributed by atoms with Gasteiger partial charge in [0.1, 0.15) is 5.56 Å². The van der Waals surface area contributed by atoms with Gasteiger partial charge in [0.25, 0.3) is 0 Å². The average Bonchev–Trinajstić information content (AvgIpc) is 2.39. The van der Waals surface area contributed by atoms with Gasteiger partial charge < -0.3 is 14.8 Å². The molecule has 0 aliphatic rings. The zero-order valence-corrected chi connectivity index (χ0v) is 10.8. The minimum atomic E-state index is -0.641. The molecule has 0 amide bonds. The lowest BCUT2D eigenvalue weighted by molar-refractivity contribution is 0.0524. The summed E-state index contributed by atoms with van der Waals surface area (Å²) in [5.74, 6) is -0.641. The zero-order valence-electron chi connectivity index (χ0n) is 10.8. The summed E-state index contributed by atoms with van der Waals surface area (Å²) in [5, 5.41) is 9.68. The molecule has 2 N–H and O–H groups in total. The summed E-state index contributed by atoms with van der Waals surface area (Å²) in [6.45, 7) is 3.55. The molecule has 5 heteroatoms. The number of H-pyrrole nitrogens is 1. The third-order valence-electron chi connectivity index (χ3n) is 2.88. The summed E-state index contributed by atoms with van der Waals surface area (Å²) in [4.78, 5) is 26.8. The van der Waals surface area contributed by atoms with Gasteiger partial charge in [0.2, 0.25) is 5.43 Å². The van der Waals surface area contributed by atoms with E-state index >= 15 is 0 Å². The lowest BCUT2D eigenvalue weighted by Gasteiger charge is -2.07. The highest BCUT2D eigenvalue weighted by Crippen LogP contribution is 2.17. The number of benzene rings is 1. The molecule has 100 valence electrons. The average molecular weight is 261 g/mol. The van der Waals surface area contributed by atoms with Gasteiger partial charge in [-0.1, -0.05) is 6.07 Å². The van der Waals surface area contributed by atoms with Crippen molar-refractivity contribution in [2.75, 3.05) is 6.61 Å². The lowest BCUT2D eigenvalue weighted by Crippen LogP contribution is -2.18. The van der Waals surface area contributed by atoms with Crippen molar-refractivity contribution in [2.24, 2.45) is 0 Å². The second kappa shape index (κ2) is 5.24. The molecule has 0 radical (unpaired) electrons. The number of carbonyl (C=O) groups excluding carboxylic acids is 1. The van der Waals surface area contributed by atoms with E-state index in [0.717, 1.165) is 5.56 Å². The molecule has 0 unspecified atom stereocenters. The van der Waals surface area contributed by atoms with Gasteiger partial charge in [-0.3, -0.25) is 4.79 Å². The molecule has 1 aromatic carbocycles. The molecule has 2 rings (SSSR count). The van der Waals surface area contributed by atoms with E-state index in [1.807, 2.05) is 6.92 Å². The monoisotopic (exact) mass is 261 g/mol. The van der Waals surface area contributed by atoms with Crippen LogP contribution in [-0.2, 0) is 11.3 Å². The van der Waals surface area contributed by atoms with Crippen molar-refractivity contribution in [3.63, 3.8) is 0 Å². The van der Waals surface area contributed by atoms with Crippen molar-refractivity contribution in [1.82, 2.24) is 4.98 Å². The Hall–Kier alpha value is -2.14. The molecule has 1 aromatic heterocycles. The molecule has 1 heterocycles. The van der Waals surface area contributed by atoms with E-state index < -0.39 is 5.97 Å². The fraction of sp³-hybridized carbons (Fsp3) is 0.286. The number of aromatic amines is 1. The Kier molecular flexibility index (Phi) is 3.66. The van der Waals surface area contributed by atoms with Crippen LogP contribution in [0.3, 0.4) is 0 Å². The third-order valence-corrected chi connectivity index (χ3v) is 2.88. The van der Waals surface area contributed by atoms with Crippen molar-refractivity contribution in [1.29, 1.82) is 0 Å². The van der Waals surface area contributed by atoms with Crippen LogP contribution in [0, 0.1) is 6.92 Å². The molecule has 0 aliphatic carbocycles. The zero-order chi connectivity index (χ0) is 14.0. The highest BCUT2D eigenvalue weighted by Gasteiger charge is 2.15. The van der Waals surface area contributed by atoms with Crippen LogP contribution in [0.5, 0.6) is 0 Å². The number of hydrogen-bond donors (Lipinski definition) is 2. The summed E-state index contributed by atoms with van der Waals surface area (Å²) < 4.78 is 4.84. The second-order valence-corrected chi connectivity index (χ2v) is 4.26. The Morgan fingerprint density at radius 1 is 1.42 bits per heavy atom. The maximum Gasteiger partial charge on any atom is 0.343 e. The molecular weight excluding hydrogens is 246 g/mol. The molecule has 5 nitrogen and oxygen atoms in total. The Bertz CT molecular complexity index is 688. The Morgan fingerprint density at radius 3 is 2.79 bits per heavy atom. The number of pyridine rings is 1. The number of aliphatic hydroxyl groups excluding tert-OH is 1. The minimum absolute atomic E-state index is 0.0242. The van der Waals surface area contributed by atoms with Gasteiger partial charge in [0.05, 0.1) is 18.7 Å². The highest BCUT2D eigenvalue weighted by molar-refractivity contribution is 5.94. The first-order valence-electron chi connectivity index (χ1n) is 6.01. The first-order chi connectivity index (χ1) is 9.08. The fourth-order valence-corrected chi connectivity index (χ4v) is 2.05. The Morgan fingerprint density at radius 2 is 2.16 bits per heavy atom. The summed E-state index contributed by atoms with van der Waals surface area (Å²) >= 11 is 0. The minimum Gasteiger partial charge on any atom is -0.462 e. The maximum atomic E-state index is 12.3. The number of esters is 1. The van der Waals surface area contributed by atoms with Crippen molar-refractivity contribution in [2.45, 2.75) is 20.5 Å². The lowest BCUT2D eigenvalue weighted by atomic mass is 10.0. The molecule has 0 atom stereocenters. The number of carbonyl (C=O) groups is 1. The number of nitrogens with one attached hydrogen (secondary N) is 1. The molecular formula is C14H15NO4. The Balaban J connectivity index is 2.72. The SMILES string of the molecule is CCOC(=O)c1c[nH]c2c(CO)cc(C)cc2c1=O. The molecule has 0 spiro atoms. The molecule has 0 saturated carbocycles. The van der Waals surface area contributed by atoms with E-state index in [1.165, 1.54) is 6.20 Å². The van der Waals surface area contributed by atoms with Crippen molar-refractivity contribution < 1.29 is 14.6 Å². The van der Waals surface area contributed by atoms with Crippen LogP contribution in [0.15, 0.2) is 23.1 Å². The normalized spacial score (nSPS) is 10.7. The first-order valence-corrected chi connectivity index (χ1v) is 6.01. The fourth-order valence-electron chi connectivity index (χ4n) is 2.05. The van der Waals surface area contributed by atoms with Gasteiger partial charge in [-0.05, 0) is 25.5 Å². The van der Waals surface area contributed by atoms with Crippen molar-refractivity contribution in [3.8, 4) is 0 Å². The highest BCUT2D eigenvalue weighted by atomic mass is 16.5.